The first-order valence-electron chi connectivity index (χ1n) is 5.90. The lowest BCUT2D eigenvalue weighted by Gasteiger charge is -2.13. The average Bonchev–Trinajstić information content (AvgIpc) is 2.47. The van der Waals surface area contributed by atoms with Crippen molar-refractivity contribution < 1.29 is 19.3 Å². The Morgan fingerprint density at radius 2 is 1.53 bits per heavy atom. The number of rotatable bonds is 5. The van der Waals surface area contributed by atoms with Crippen molar-refractivity contribution in [3.05, 3.63) is 66.2 Å². The molecular weight excluding hydrogens is 244 g/mol. The number of para-hydroxylation sites is 1. The maximum atomic E-state index is 11.6. The number of hydrogen-bond donors (Lipinski definition) is 0. The van der Waals surface area contributed by atoms with Crippen molar-refractivity contribution in [1.82, 2.24) is 0 Å². The highest BCUT2D eigenvalue weighted by molar-refractivity contribution is 5.88. The molecule has 19 heavy (non-hydrogen) atoms. The number of carbonyl (C=O) groups is 1. The number of ether oxygens (including phenoxy) is 1. The van der Waals surface area contributed by atoms with Crippen LogP contribution in [-0.2, 0) is 9.78 Å². The molecule has 2 aromatic carbocycles. The molecule has 2 aromatic rings. The lowest BCUT2D eigenvalue weighted by atomic mass is 10.2. The van der Waals surface area contributed by atoms with E-state index in [0.29, 0.717) is 11.3 Å². The molecule has 98 valence electrons. The second-order valence-electron chi connectivity index (χ2n) is 3.83. The summed E-state index contributed by atoms with van der Waals surface area (Å²) in [6, 6.07) is 17.8. The summed E-state index contributed by atoms with van der Waals surface area (Å²) < 4.78 is 5.40. The maximum Gasteiger partial charge on any atom is 0.373 e. The summed E-state index contributed by atoms with van der Waals surface area (Å²) in [7, 11) is 0. The lowest BCUT2D eigenvalue weighted by Crippen LogP contribution is -2.19. The van der Waals surface area contributed by atoms with Crippen LogP contribution in [0.25, 0.3) is 0 Å². The molecule has 1 unspecified atom stereocenters. The topological polar surface area (TPSA) is 44.8 Å². The molecule has 2 rings (SSSR count). The second kappa shape index (κ2) is 6.56. The van der Waals surface area contributed by atoms with Gasteiger partial charge in [-0.2, -0.15) is 0 Å². The Morgan fingerprint density at radius 3 is 2.16 bits per heavy atom. The highest BCUT2D eigenvalue weighted by Gasteiger charge is 2.11. The van der Waals surface area contributed by atoms with Crippen LogP contribution in [0.3, 0.4) is 0 Å². The molecular formula is C15H14O4. The minimum Gasteiger partial charge on any atom is -0.461 e. The van der Waals surface area contributed by atoms with Gasteiger partial charge in [-0.05, 0) is 24.3 Å². The molecule has 4 heteroatoms. The summed E-state index contributed by atoms with van der Waals surface area (Å²) in [5, 5.41) is 0. The fraction of sp³-hybridized carbons (Fsp3) is 0.133. The van der Waals surface area contributed by atoms with Crippen molar-refractivity contribution in [2.24, 2.45) is 0 Å². The van der Waals surface area contributed by atoms with Crippen LogP contribution in [0.1, 0.15) is 17.3 Å². The zero-order valence-electron chi connectivity index (χ0n) is 10.5. The normalized spacial score (nSPS) is 11.6. The SMILES string of the molecule is CC(OOC(=O)c1ccccc1)Oc1ccccc1. The van der Waals surface area contributed by atoms with E-state index in [1.54, 1.807) is 43.3 Å². The van der Waals surface area contributed by atoms with Crippen LogP contribution in [0.5, 0.6) is 5.75 Å². The van der Waals surface area contributed by atoms with Gasteiger partial charge in [-0.15, -0.1) is 4.89 Å². The van der Waals surface area contributed by atoms with Crippen molar-refractivity contribution in [3.63, 3.8) is 0 Å². The fourth-order valence-electron chi connectivity index (χ4n) is 1.44. The van der Waals surface area contributed by atoms with Gasteiger partial charge in [-0.1, -0.05) is 36.4 Å². The zero-order chi connectivity index (χ0) is 13.5. The Morgan fingerprint density at radius 1 is 0.947 bits per heavy atom. The molecule has 0 spiro atoms. The number of hydrogen-bond acceptors (Lipinski definition) is 4. The average molecular weight is 258 g/mol. The lowest BCUT2D eigenvalue weighted by molar-refractivity contribution is -0.313. The van der Waals surface area contributed by atoms with Crippen LogP contribution in [-0.4, -0.2) is 12.3 Å². The van der Waals surface area contributed by atoms with Gasteiger partial charge >= 0.3 is 5.97 Å². The first-order valence-corrected chi connectivity index (χ1v) is 5.90. The first kappa shape index (κ1) is 13.1. The third kappa shape index (κ3) is 4.12. The van der Waals surface area contributed by atoms with Gasteiger partial charge < -0.3 is 4.74 Å². The van der Waals surface area contributed by atoms with Crippen molar-refractivity contribution >= 4 is 5.97 Å². The fourth-order valence-corrected chi connectivity index (χ4v) is 1.44. The van der Waals surface area contributed by atoms with Crippen LogP contribution in [0.15, 0.2) is 60.7 Å². The van der Waals surface area contributed by atoms with Crippen LogP contribution >= 0.6 is 0 Å². The van der Waals surface area contributed by atoms with E-state index in [-0.39, 0.29) is 0 Å². The summed E-state index contributed by atoms with van der Waals surface area (Å²) in [6.07, 6.45) is -0.685. The molecule has 4 nitrogen and oxygen atoms in total. The number of benzene rings is 2. The Kier molecular flexibility index (Phi) is 4.53. The summed E-state index contributed by atoms with van der Waals surface area (Å²) in [4.78, 5) is 21.2. The van der Waals surface area contributed by atoms with E-state index in [9.17, 15) is 4.79 Å². The zero-order valence-corrected chi connectivity index (χ0v) is 10.5. The van der Waals surface area contributed by atoms with E-state index in [1.807, 2.05) is 24.3 Å². The van der Waals surface area contributed by atoms with E-state index < -0.39 is 12.3 Å². The quantitative estimate of drug-likeness (QED) is 0.469. The van der Waals surface area contributed by atoms with E-state index in [1.165, 1.54) is 0 Å². The van der Waals surface area contributed by atoms with Gasteiger partial charge in [0.05, 0.1) is 5.56 Å². The molecule has 0 aromatic heterocycles. The predicted octanol–water partition coefficient (Wildman–Crippen LogP) is 3.20. The van der Waals surface area contributed by atoms with Crippen molar-refractivity contribution in [1.29, 1.82) is 0 Å². The monoisotopic (exact) mass is 258 g/mol. The second-order valence-corrected chi connectivity index (χ2v) is 3.83. The Balaban J connectivity index is 1.81. The minimum atomic E-state index is -0.685. The number of carbonyl (C=O) groups excluding carboxylic acids is 1. The molecule has 0 radical (unpaired) electrons. The highest BCUT2D eigenvalue weighted by Crippen LogP contribution is 2.12. The van der Waals surface area contributed by atoms with Gasteiger partial charge in [0.1, 0.15) is 5.75 Å². The summed E-state index contributed by atoms with van der Waals surface area (Å²) in [5.74, 6) is 0.0925. The van der Waals surface area contributed by atoms with E-state index >= 15 is 0 Å². The molecule has 0 saturated carbocycles. The molecule has 0 aliphatic heterocycles. The molecule has 0 fully saturated rings. The van der Waals surface area contributed by atoms with Crippen molar-refractivity contribution in [3.8, 4) is 5.75 Å². The van der Waals surface area contributed by atoms with Gasteiger partial charge in [-0.3, -0.25) is 4.89 Å². The van der Waals surface area contributed by atoms with Crippen LogP contribution in [0.2, 0.25) is 0 Å². The van der Waals surface area contributed by atoms with Gasteiger partial charge in [0.15, 0.2) is 0 Å². The highest BCUT2D eigenvalue weighted by atomic mass is 17.2. The standard InChI is InChI=1S/C15H14O4/c1-12(17-14-10-6-3-7-11-14)18-19-15(16)13-8-4-2-5-9-13/h2-12H,1H3. The van der Waals surface area contributed by atoms with Gasteiger partial charge in [0.2, 0.25) is 6.29 Å². The summed E-state index contributed by atoms with van der Waals surface area (Å²) in [5.41, 5.74) is 0.425. The molecule has 0 aliphatic carbocycles. The maximum absolute atomic E-state index is 11.6. The predicted molar refractivity (Wildman–Crippen MR) is 69.5 cm³/mol. The summed E-state index contributed by atoms with van der Waals surface area (Å²) in [6.45, 7) is 1.64. The van der Waals surface area contributed by atoms with Crippen molar-refractivity contribution in [2.45, 2.75) is 13.2 Å². The summed E-state index contributed by atoms with van der Waals surface area (Å²) >= 11 is 0. The third-order valence-electron chi connectivity index (χ3n) is 2.31. The van der Waals surface area contributed by atoms with E-state index in [4.69, 9.17) is 14.5 Å². The van der Waals surface area contributed by atoms with E-state index in [2.05, 4.69) is 0 Å². The molecule has 1 atom stereocenters. The Hall–Kier alpha value is -2.33. The molecule has 0 heterocycles. The molecule has 0 aliphatic rings. The van der Waals surface area contributed by atoms with Gasteiger partial charge in [-0.25, -0.2) is 4.79 Å². The molecule has 0 N–H and O–H groups in total. The third-order valence-corrected chi connectivity index (χ3v) is 2.31. The van der Waals surface area contributed by atoms with Crippen LogP contribution in [0, 0.1) is 0 Å². The molecule has 0 amide bonds. The Labute approximate surface area is 111 Å². The van der Waals surface area contributed by atoms with Gasteiger partial charge in [0.25, 0.3) is 0 Å². The van der Waals surface area contributed by atoms with E-state index in [0.717, 1.165) is 0 Å². The van der Waals surface area contributed by atoms with Gasteiger partial charge in [0, 0.05) is 6.92 Å². The van der Waals surface area contributed by atoms with Crippen molar-refractivity contribution in [2.75, 3.05) is 0 Å². The largest absolute Gasteiger partial charge is 0.461 e. The first-order chi connectivity index (χ1) is 9.25. The minimum absolute atomic E-state index is 0.425. The molecule has 0 bridgehead atoms. The molecule has 0 saturated heterocycles. The smallest absolute Gasteiger partial charge is 0.373 e. The van der Waals surface area contributed by atoms with Crippen LogP contribution < -0.4 is 4.74 Å². The Bertz CT molecular complexity index is 510. The van der Waals surface area contributed by atoms with Crippen LogP contribution in [0.4, 0.5) is 0 Å².